The van der Waals surface area contributed by atoms with Gasteiger partial charge < -0.3 is 11.1 Å². The fourth-order valence-corrected chi connectivity index (χ4v) is 3.87. The molecular formula is C14H23N3S. The maximum Gasteiger partial charge on any atom is 0.142 e. The lowest BCUT2D eigenvalue weighted by Crippen LogP contribution is -2.28. The predicted molar refractivity (Wildman–Crippen MR) is 78.2 cm³/mol. The van der Waals surface area contributed by atoms with Gasteiger partial charge in [0.15, 0.2) is 0 Å². The number of nitrogens with zero attached hydrogens (tertiary/aromatic N) is 1. The highest BCUT2D eigenvalue weighted by molar-refractivity contribution is 7.10. The molecule has 2 aliphatic carbocycles. The van der Waals surface area contributed by atoms with Gasteiger partial charge in [0, 0.05) is 12.1 Å². The maximum atomic E-state index is 5.98. The Kier molecular flexibility index (Phi) is 3.22. The molecule has 0 aliphatic heterocycles. The number of aromatic nitrogens is 1. The van der Waals surface area contributed by atoms with Crippen LogP contribution < -0.4 is 11.1 Å². The molecule has 100 valence electrons. The van der Waals surface area contributed by atoms with E-state index in [0.717, 1.165) is 12.4 Å². The lowest BCUT2D eigenvalue weighted by molar-refractivity contribution is 0.233. The standard InChI is InChI=1S/C14H23N3S/c1-14(7-3-2-4-8-14)9-16-13-11(10-5-6-10)12(15)17-18-13/h10,16H,2-9H2,1H3,(H2,15,17). The summed E-state index contributed by atoms with van der Waals surface area (Å²) in [5.41, 5.74) is 7.76. The highest BCUT2D eigenvalue weighted by Crippen LogP contribution is 2.48. The van der Waals surface area contributed by atoms with Crippen LogP contribution in [0.2, 0.25) is 0 Å². The minimum atomic E-state index is 0.470. The van der Waals surface area contributed by atoms with Crippen LogP contribution in [0.5, 0.6) is 0 Å². The Morgan fingerprint density at radius 2 is 2.06 bits per heavy atom. The largest absolute Gasteiger partial charge is 0.383 e. The van der Waals surface area contributed by atoms with Gasteiger partial charge in [0.05, 0.1) is 0 Å². The second-order valence-corrected chi connectivity index (χ2v) is 7.08. The molecule has 4 heteroatoms. The van der Waals surface area contributed by atoms with Gasteiger partial charge in [-0.25, -0.2) is 0 Å². The molecule has 3 rings (SSSR count). The average molecular weight is 265 g/mol. The van der Waals surface area contributed by atoms with Crippen LogP contribution in [0.3, 0.4) is 0 Å². The first-order valence-electron chi connectivity index (χ1n) is 7.17. The number of rotatable bonds is 4. The molecule has 2 aliphatic rings. The molecule has 0 aromatic carbocycles. The molecule has 3 nitrogen and oxygen atoms in total. The highest BCUT2D eigenvalue weighted by Gasteiger charge is 2.32. The molecule has 0 bridgehead atoms. The van der Waals surface area contributed by atoms with E-state index >= 15 is 0 Å². The molecule has 0 amide bonds. The zero-order valence-electron chi connectivity index (χ0n) is 11.2. The Balaban J connectivity index is 1.65. The number of nitrogens with two attached hydrogens (primary N) is 1. The van der Waals surface area contributed by atoms with Crippen LogP contribution in [0.25, 0.3) is 0 Å². The molecule has 0 unspecified atom stereocenters. The van der Waals surface area contributed by atoms with E-state index in [1.54, 1.807) is 11.5 Å². The lowest BCUT2D eigenvalue weighted by Gasteiger charge is -2.33. The number of hydrogen-bond acceptors (Lipinski definition) is 4. The molecule has 2 saturated carbocycles. The van der Waals surface area contributed by atoms with Gasteiger partial charge in [-0.15, -0.1) is 0 Å². The van der Waals surface area contributed by atoms with Crippen molar-refractivity contribution in [3.8, 4) is 0 Å². The molecule has 0 atom stereocenters. The van der Waals surface area contributed by atoms with E-state index in [1.165, 1.54) is 55.5 Å². The van der Waals surface area contributed by atoms with Crippen LogP contribution >= 0.6 is 11.5 Å². The van der Waals surface area contributed by atoms with Gasteiger partial charge >= 0.3 is 0 Å². The van der Waals surface area contributed by atoms with E-state index < -0.39 is 0 Å². The van der Waals surface area contributed by atoms with E-state index in [1.807, 2.05) is 0 Å². The number of hydrogen-bond donors (Lipinski definition) is 2. The third-order valence-corrected chi connectivity index (χ3v) is 5.31. The highest BCUT2D eigenvalue weighted by atomic mass is 32.1. The smallest absolute Gasteiger partial charge is 0.142 e. The molecule has 18 heavy (non-hydrogen) atoms. The van der Waals surface area contributed by atoms with Crippen LogP contribution in [0, 0.1) is 5.41 Å². The van der Waals surface area contributed by atoms with Crippen molar-refractivity contribution < 1.29 is 0 Å². The summed E-state index contributed by atoms with van der Waals surface area (Å²) in [5.74, 6) is 1.45. The molecule has 1 aromatic heterocycles. The van der Waals surface area contributed by atoms with E-state index in [0.29, 0.717) is 11.3 Å². The summed E-state index contributed by atoms with van der Waals surface area (Å²) in [4.78, 5) is 0. The summed E-state index contributed by atoms with van der Waals surface area (Å²) >= 11 is 1.55. The molecule has 0 radical (unpaired) electrons. The molecule has 1 aromatic rings. The van der Waals surface area contributed by atoms with Gasteiger partial charge in [0.2, 0.25) is 0 Å². The monoisotopic (exact) mass is 265 g/mol. The van der Waals surface area contributed by atoms with Gasteiger partial charge in [-0.2, -0.15) is 4.37 Å². The fraction of sp³-hybridized carbons (Fsp3) is 0.786. The van der Waals surface area contributed by atoms with Crippen LogP contribution in [-0.2, 0) is 0 Å². The number of anilines is 2. The molecule has 3 N–H and O–H groups in total. The molecule has 1 heterocycles. The van der Waals surface area contributed by atoms with Gasteiger partial charge in [-0.1, -0.05) is 26.2 Å². The minimum absolute atomic E-state index is 0.470. The lowest BCUT2D eigenvalue weighted by atomic mass is 9.76. The van der Waals surface area contributed by atoms with E-state index in [-0.39, 0.29) is 0 Å². The van der Waals surface area contributed by atoms with Crippen molar-refractivity contribution in [1.29, 1.82) is 0 Å². The molecule has 0 spiro atoms. The van der Waals surface area contributed by atoms with Crippen molar-refractivity contribution in [2.24, 2.45) is 5.41 Å². The Hall–Kier alpha value is -0.770. The summed E-state index contributed by atoms with van der Waals surface area (Å²) in [5, 5.41) is 4.88. The zero-order chi connectivity index (χ0) is 12.6. The van der Waals surface area contributed by atoms with Gasteiger partial charge in [0.1, 0.15) is 10.8 Å². The molecular weight excluding hydrogens is 242 g/mol. The van der Waals surface area contributed by atoms with Crippen molar-refractivity contribution in [2.75, 3.05) is 17.6 Å². The Labute approximate surface area is 113 Å². The normalized spacial score (nSPS) is 22.9. The summed E-state index contributed by atoms with van der Waals surface area (Å²) in [6.45, 7) is 3.49. The zero-order valence-corrected chi connectivity index (χ0v) is 12.0. The summed E-state index contributed by atoms with van der Waals surface area (Å²) < 4.78 is 4.32. The van der Waals surface area contributed by atoms with E-state index in [9.17, 15) is 0 Å². The van der Waals surface area contributed by atoms with Gasteiger partial charge in [-0.3, -0.25) is 0 Å². The summed E-state index contributed by atoms with van der Waals surface area (Å²) in [6.07, 6.45) is 9.47. The minimum Gasteiger partial charge on any atom is -0.383 e. The molecule has 0 saturated heterocycles. The van der Waals surface area contributed by atoms with Crippen molar-refractivity contribution in [1.82, 2.24) is 4.37 Å². The predicted octanol–water partition coefficient (Wildman–Crippen LogP) is 3.99. The van der Waals surface area contributed by atoms with E-state index in [2.05, 4.69) is 16.6 Å². The van der Waals surface area contributed by atoms with Crippen LogP contribution in [-0.4, -0.2) is 10.9 Å². The maximum absolute atomic E-state index is 5.98. The second kappa shape index (κ2) is 4.72. The third-order valence-electron chi connectivity index (χ3n) is 4.48. The average Bonchev–Trinajstić information content (AvgIpc) is 3.12. The Bertz CT molecular complexity index is 417. The van der Waals surface area contributed by atoms with E-state index in [4.69, 9.17) is 5.73 Å². The van der Waals surface area contributed by atoms with Crippen molar-refractivity contribution in [3.63, 3.8) is 0 Å². The number of nitrogens with one attached hydrogen (secondary N) is 1. The van der Waals surface area contributed by atoms with Crippen LogP contribution in [0.4, 0.5) is 10.8 Å². The summed E-state index contributed by atoms with van der Waals surface area (Å²) in [7, 11) is 0. The van der Waals surface area contributed by atoms with Crippen LogP contribution in [0.15, 0.2) is 0 Å². The van der Waals surface area contributed by atoms with Gasteiger partial charge in [-0.05, 0) is 48.5 Å². The first-order valence-corrected chi connectivity index (χ1v) is 7.94. The van der Waals surface area contributed by atoms with Crippen LogP contribution in [0.1, 0.15) is 63.4 Å². The van der Waals surface area contributed by atoms with Crippen molar-refractivity contribution >= 4 is 22.4 Å². The quantitative estimate of drug-likeness (QED) is 0.865. The SMILES string of the molecule is CC1(CNc2snc(N)c2C2CC2)CCCCC1. The third kappa shape index (κ3) is 2.48. The number of nitrogen functional groups attached to an aromatic ring is 1. The molecule has 2 fully saturated rings. The Morgan fingerprint density at radius 1 is 1.33 bits per heavy atom. The van der Waals surface area contributed by atoms with Gasteiger partial charge in [0.25, 0.3) is 0 Å². The second-order valence-electron chi connectivity index (χ2n) is 6.31. The fourth-order valence-electron chi connectivity index (χ4n) is 3.08. The summed E-state index contributed by atoms with van der Waals surface area (Å²) in [6, 6.07) is 0. The first kappa shape index (κ1) is 12.3. The van der Waals surface area contributed by atoms with Crippen molar-refractivity contribution in [2.45, 2.75) is 57.8 Å². The van der Waals surface area contributed by atoms with Crippen molar-refractivity contribution in [3.05, 3.63) is 5.56 Å². The first-order chi connectivity index (χ1) is 8.68. The topological polar surface area (TPSA) is 50.9 Å². The Morgan fingerprint density at radius 3 is 2.72 bits per heavy atom.